The van der Waals surface area contributed by atoms with Gasteiger partial charge in [0.05, 0.1) is 11.5 Å². The van der Waals surface area contributed by atoms with Crippen LogP contribution in [0.3, 0.4) is 0 Å². The zero-order valence-electron chi connectivity index (χ0n) is 14.5. The molecule has 0 N–H and O–H groups in total. The summed E-state index contributed by atoms with van der Waals surface area (Å²) in [5.41, 5.74) is -2.19. The fraction of sp³-hybridized carbons (Fsp3) is 0.312. The molecule has 0 aliphatic carbocycles. The molecule has 0 aliphatic heterocycles. The fourth-order valence-electron chi connectivity index (χ4n) is 2.20. The molecule has 28 heavy (non-hydrogen) atoms. The van der Waals surface area contributed by atoms with Crippen molar-refractivity contribution >= 4 is 23.3 Å². The molecule has 0 saturated carbocycles. The van der Waals surface area contributed by atoms with Crippen LogP contribution in [0.4, 0.5) is 18.9 Å². The maximum Gasteiger partial charge on any atom is 0.434 e. The topological polar surface area (TPSA) is 96.5 Å². The van der Waals surface area contributed by atoms with Crippen LogP contribution in [0, 0.1) is 17.0 Å². The highest BCUT2D eigenvalue weighted by molar-refractivity contribution is 6.32. The maximum absolute atomic E-state index is 13.0. The van der Waals surface area contributed by atoms with Gasteiger partial charge in [0.2, 0.25) is 0 Å². The van der Waals surface area contributed by atoms with Gasteiger partial charge in [-0.25, -0.2) is 4.79 Å². The lowest BCUT2D eigenvalue weighted by Crippen LogP contribution is -2.12. The molecule has 1 radical (unpaired) electrons. The standard InChI is InChI=1S/C16H14ClF3N3O5/c1-3-4-7-27-15(24)10-8-9(5-6-11(10)23(25)26)28-14-12(17)13(16(18,19)20)22(2)21-14/h5-6,8H,1,3-4,7H2,2H3. The molecule has 0 amide bonds. The Balaban J connectivity index is 2.36. The van der Waals surface area contributed by atoms with E-state index in [9.17, 15) is 28.1 Å². The number of aryl methyl sites for hydroxylation is 1. The van der Waals surface area contributed by atoms with Crippen molar-refractivity contribution in [1.82, 2.24) is 9.78 Å². The molecule has 0 aliphatic rings. The minimum absolute atomic E-state index is 0.00554. The molecule has 0 unspecified atom stereocenters. The van der Waals surface area contributed by atoms with Gasteiger partial charge < -0.3 is 9.47 Å². The minimum Gasteiger partial charge on any atom is -0.462 e. The van der Waals surface area contributed by atoms with Gasteiger partial charge in [0.15, 0.2) is 5.69 Å². The Morgan fingerprint density at radius 3 is 2.64 bits per heavy atom. The molecule has 2 rings (SSSR count). The second-order valence-corrected chi connectivity index (χ2v) is 5.85. The smallest absolute Gasteiger partial charge is 0.434 e. The van der Waals surface area contributed by atoms with Gasteiger partial charge in [0.1, 0.15) is 16.3 Å². The van der Waals surface area contributed by atoms with E-state index in [1.165, 1.54) is 0 Å². The largest absolute Gasteiger partial charge is 0.462 e. The van der Waals surface area contributed by atoms with E-state index in [4.69, 9.17) is 21.1 Å². The predicted molar refractivity (Wildman–Crippen MR) is 91.3 cm³/mol. The molecule has 8 nitrogen and oxygen atoms in total. The van der Waals surface area contributed by atoms with Crippen molar-refractivity contribution in [3.63, 3.8) is 0 Å². The normalized spacial score (nSPS) is 11.4. The molecule has 0 bridgehead atoms. The number of ether oxygens (including phenoxy) is 2. The van der Waals surface area contributed by atoms with Crippen LogP contribution in [-0.2, 0) is 18.0 Å². The third-order valence-corrected chi connectivity index (χ3v) is 3.80. The van der Waals surface area contributed by atoms with Gasteiger partial charge in [-0.1, -0.05) is 24.9 Å². The summed E-state index contributed by atoms with van der Waals surface area (Å²) in [6.45, 7) is 3.58. The van der Waals surface area contributed by atoms with Gasteiger partial charge in [-0.15, -0.1) is 5.10 Å². The third kappa shape index (κ3) is 4.71. The first-order valence-electron chi connectivity index (χ1n) is 7.78. The van der Waals surface area contributed by atoms with Crippen molar-refractivity contribution in [2.45, 2.75) is 19.0 Å². The Labute approximate surface area is 161 Å². The number of esters is 1. The zero-order valence-corrected chi connectivity index (χ0v) is 15.2. The van der Waals surface area contributed by atoms with E-state index in [0.29, 0.717) is 17.5 Å². The summed E-state index contributed by atoms with van der Waals surface area (Å²) in [7, 11) is 1.03. The Kier molecular flexibility index (Phi) is 6.49. The van der Waals surface area contributed by atoms with E-state index in [-0.39, 0.29) is 12.4 Å². The van der Waals surface area contributed by atoms with Gasteiger partial charge in [0, 0.05) is 19.2 Å². The Hall–Kier alpha value is -2.82. The molecular weight excluding hydrogens is 407 g/mol. The van der Waals surface area contributed by atoms with Crippen LogP contribution >= 0.6 is 11.6 Å². The van der Waals surface area contributed by atoms with Crippen LogP contribution in [0.25, 0.3) is 0 Å². The molecular formula is C16H14ClF3N3O5. The molecule has 0 saturated heterocycles. The highest BCUT2D eigenvalue weighted by atomic mass is 35.5. The molecule has 151 valence electrons. The number of hydrogen-bond acceptors (Lipinski definition) is 6. The van der Waals surface area contributed by atoms with Gasteiger partial charge in [-0.05, 0) is 12.5 Å². The number of hydrogen-bond donors (Lipinski definition) is 0. The Morgan fingerprint density at radius 2 is 2.11 bits per heavy atom. The first-order valence-corrected chi connectivity index (χ1v) is 8.16. The SMILES string of the molecule is [CH2]CCCOC(=O)c1cc(Oc2nn(C)c(C(F)(F)F)c2Cl)ccc1[N+](=O)[O-]. The number of benzene rings is 1. The molecule has 1 heterocycles. The molecule has 2 aromatic rings. The average molecular weight is 421 g/mol. The fourth-order valence-corrected chi connectivity index (χ4v) is 2.51. The van der Waals surface area contributed by atoms with Crippen LogP contribution in [0.1, 0.15) is 28.9 Å². The molecule has 0 fully saturated rings. The number of carbonyl (C=O) groups excluding carboxylic acids is 1. The summed E-state index contributed by atoms with van der Waals surface area (Å²) < 4.78 is 49.6. The number of nitro benzene ring substituents is 1. The van der Waals surface area contributed by atoms with Crippen molar-refractivity contribution in [1.29, 1.82) is 0 Å². The van der Waals surface area contributed by atoms with Crippen molar-refractivity contribution in [2.24, 2.45) is 7.05 Å². The molecule has 12 heteroatoms. The number of alkyl halides is 3. The summed E-state index contributed by atoms with van der Waals surface area (Å²) in [5, 5.41) is 13.9. The number of nitro groups is 1. The lowest BCUT2D eigenvalue weighted by molar-refractivity contribution is -0.385. The second-order valence-electron chi connectivity index (χ2n) is 5.47. The lowest BCUT2D eigenvalue weighted by atomic mass is 10.1. The highest BCUT2D eigenvalue weighted by Gasteiger charge is 2.39. The van der Waals surface area contributed by atoms with E-state index < -0.39 is 44.9 Å². The highest BCUT2D eigenvalue weighted by Crippen LogP contribution is 2.40. The molecule has 1 aromatic heterocycles. The van der Waals surface area contributed by atoms with Crippen LogP contribution in [0.5, 0.6) is 11.6 Å². The Morgan fingerprint density at radius 1 is 1.43 bits per heavy atom. The van der Waals surface area contributed by atoms with E-state index in [1.54, 1.807) is 0 Å². The molecule has 0 atom stereocenters. The first kappa shape index (κ1) is 21.5. The van der Waals surface area contributed by atoms with Gasteiger partial charge in [-0.2, -0.15) is 13.2 Å². The number of carbonyl (C=O) groups is 1. The summed E-state index contributed by atoms with van der Waals surface area (Å²) in [5.74, 6) is -1.72. The van der Waals surface area contributed by atoms with Crippen molar-refractivity contribution < 1.29 is 32.4 Å². The van der Waals surface area contributed by atoms with Crippen LogP contribution in [0.15, 0.2) is 18.2 Å². The monoisotopic (exact) mass is 420 g/mol. The van der Waals surface area contributed by atoms with E-state index >= 15 is 0 Å². The zero-order chi connectivity index (χ0) is 21.1. The number of aromatic nitrogens is 2. The summed E-state index contributed by atoms with van der Waals surface area (Å²) in [6, 6.07) is 3.04. The summed E-state index contributed by atoms with van der Waals surface area (Å²) in [4.78, 5) is 22.4. The van der Waals surface area contributed by atoms with E-state index in [0.717, 1.165) is 25.2 Å². The number of halogens is 4. The Bertz CT molecular complexity index is 898. The van der Waals surface area contributed by atoms with Gasteiger partial charge in [0.25, 0.3) is 11.6 Å². The molecule has 0 spiro atoms. The lowest BCUT2D eigenvalue weighted by Gasteiger charge is -2.08. The summed E-state index contributed by atoms with van der Waals surface area (Å²) in [6.07, 6.45) is -3.81. The van der Waals surface area contributed by atoms with Crippen molar-refractivity contribution in [2.75, 3.05) is 6.61 Å². The van der Waals surface area contributed by atoms with Gasteiger partial charge in [-0.3, -0.25) is 14.8 Å². The molecule has 1 aromatic carbocycles. The number of nitrogens with zero attached hydrogens (tertiary/aromatic N) is 3. The van der Waals surface area contributed by atoms with E-state index in [1.807, 2.05) is 0 Å². The maximum atomic E-state index is 13.0. The van der Waals surface area contributed by atoms with E-state index in [2.05, 4.69) is 12.0 Å². The van der Waals surface area contributed by atoms with Crippen molar-refractivity contribution in [3.8, 4) is 11.6 Å². The second kappa shape index (κ2) is 8.46. The quantitative estimate of drug-likeness (QED) is 0.282. The van der Waals surface area contributed by atoms with Gasteiger partial charge >= 0.3 is 12.1 Å². The minimum atomic E-state index is -4.76. The number of rotatable bonds is 7. The first-order chi connectivity index (χ1) is 13.1. The van der Waals surface area contributed by atoms with Crippen LogP contribution in [0.2, 0.25) is 5.02 Å². The number of unbranched alkanes of at least 4 members (excludes halogenated alkanes) is 1. The summed E-state index contributed by atoms with van der Waals surface area (Å²) >= 11 is 5.70. The van der Waals surface area contributed by atoms with Crippen molar-refractivity contribution in [3.05, 3.63) is 51.5 Å². The predicted octanol–water partition coefficient (Wildman–Crippen LogP) is 4.56. The third-order valence-electron chi connectivity index (χ3n) is 3.46. The van der Waals surface area contributed by atoms with Crippen LogP contribution < -0.4 is 4.74 Å². The average Bonchev–Trinajstić information content (AvgIpc) is 2.88. The van der Waals surface area contributed by atoms with Crippen LogP contribution in [-0.4, -0.2) is 27.3 Å².